The molecule has 4 heteroatoms. The molecule has 1 atom stereocenters. The highest BCUT2D eigenvalue weighted by atomic mass is 32.2. The maximum Gasteiger partial charge on any atom is 0.151 e. The van der Waals surface area contributed by atoms with Gasteiger partial charge in [0.2, 0.25) is 0 Å². The fourth-order valence-corrected chi connectivity index (χ4v) is 2.97. The Kier molecular flexibility index (Phi) is 2.65. The van der Waals surface area contributed by atoms with E-state index in [0.717, 1.165) is 6.42 Å². The van der Waals surface area contributed by atoms with E-state index < -0.39 is 0 Å². The lowest BCUT2D eigenvalue weighted by molar-refractivity contribution is -0.0631. The summed E-state index contributed by atoms with van der Waals surface area (Å²) < 4.78 is 5.88. The third-order valence-electron chi connectivity index (χ3n) is 2.26. The number of hydrogen-bond acceptors (Lipinski definition) is 3. The van der Waals surface area contributed by atoms with E-state index in [-0.39, 0.29) is 16.4 Å². The van der Waals surface area contributed by atoms with E-state index in [1.165, 1.54) is 11.8 Å². The van der Waals surface area contributed by atoms with Gasteiger partial charge in [0.15, 0.2) is 5.17 Å². The first-order chi connectivity index (χ1) is 5.73. The minimum Gasteiger partial charge on any atom is -0.379 e. The molecule has 1 aliphatic rings. The SMILES string of the molecule is CC1(C)CC(SC(=N)N)C(C)(C)O1. The average Bonchev–Trinajstić information content (AvgIpc) is 1.98. The van der Waals surface area contributed by atoms with Crippen LogP contribution in [0.1, 0.15) is 34.1 Å². The molecule has 0 spiro atoms. The normalized spacial score (nSPS) is 30.3. The Morgan fingerprint density at radius 2 is 2.00 bits per heavy atom. The molecule has 1 heterocycles. The van der Waals surface area contributed by atoms with Crippen LogP contribution in [0.5, 0.6) is 0 Å². The zero-order chi connectivity index (χ0) is 10.3. The standard InChI is InChI=1S/C9H18N2OS/c1-8(2)5-6(13-7(10)11)9(3,4)12-8/h6H,5H2,1-4H3,(H3,10,11). The third-order valence-corrected chi connectivity index (χ3v) is 3.53. The van der Waals surface area contributed by atoms with Crippen LogP contribution in [0.25, 0.3) is 0 Å². The number of rotatable bonds is 1. The number of amidine groups is 1. The van der Waals surface area contributed by atoms with Crippen LogP contribution in [-0.2, 0) is 4.74 Å². The van der Waals surface area contributed by atoms with Gasteiger partial charge in [-0.2, -0.15) is 0 Å². The van der Waals surface area contributed by atoms with Crippen LogP contribution in [0, 0.1) is 5.41 Å². The van der Waals surface area contributed by atoms with Gasteiger partial charge in [0.1, 0.15) is 0 Å². The van der Waals surface area contributed by atoms with Crippen LogP contribution in [0.15, 0.2) is 0 Å². The molecule has 13 heavy (non-hydrogen) atoms. The third kappa shape index (κ3) is 2.61. The van der Waals surface area contributed by atoms with Crippen molar-refractivity contribution in [1.82, 2.24) is 0 Å². The fraction of sp³-hybridized carbons (Fsp3) is 0.889. The summed E-state index contributed by atoms with van der Waals surface area (Å²) in [6.45, 7) is 8.27. The molecule has 0 aromatic rings. The number of nitrogens with two attached hydrogens (primary N) is 1. The van der Waals surface area contributed by atoms with E-state index in [0.29, 0.717) is 5.25 Å². The predicted molar refractivity (Wildman–Crippen MR) is 57.2 cm³/mol. The molecule has 1 saturated heterocycles. The molecule has 0 amide bonds. The summed E-state index contributed by atoms with van der Waals surface area (Å²) in [5.41, 5.74) is 5.11. The molecule has 0 aliphatic carbocycles. The van der Waals surface area contributed by atoms with E-state index in [4.69, 9.17) is 15.9 Å². The molecule has 3 nitrogen and oxygen atoms in total. The van der Waals surface area contributed by atoms with Crippen molar-refractivity contribution in [2.45, 2.75) is 50.6 Å². The first-order valence-corrected chi connectivity index (χ1v) is 5.32. The second kappa shape index (κ2) is 3.17. The zero-order valence-corrected chi connectivity index (χ0v) is 9.49. The summed E-state index contributed by atoms with van der Waals surface area (Å²) in [6, 6.07) is 0. The second-order valence-corrected chi connectivity index (χ2v) is 5.88. The summed E-state index contributed by atoms with van der Waals surface area (Å²) in [4.78, 5) is 0. The Morgan fingerprint density at radius 3 is 2.31 bits per heavy atom. The van der Waals surface area contributed by atoms with E-state index in [9.17, 15) is 0 Å². The zero-order valence-electron chi connectivity index (χ0n) is 8.68. The number of ether oxygens (including phenoxy) is 1. The van der Waals surface area contributed by atoms with Gasteiger partial charge in [-0.05, 0) is 34.1 Å². The quantitative estimate of drug-likeness (QED) is 0.505. The van der Waals surface area contributed by atoms with E-state index in [2.05, 4.69) is 27.7 Å². The first kappa shape index (κ1) is 10.9. The molecule has 1 rings (SSSR count). The number of hydrogen-bond donors (Lipinski definition) is 2. The molecule has 1 unspecified atom stereocenters. The second-order valence-electron chi connectivity index (χ2n) is 4.64. The summed E-state index contributed by atoms with van der Waals surface area (Å²) in [7, 11) is 0. The Balaban J connectivity index is 2.70. The van der Waals surface area contributed by atoms with Gasteiger partial charge in [-0.1, -0.05) is 11.8 Å². The van der Waals surface area contributed by atoms with Gasteiger partial charge in [-0.25, -0.2) is 0 Å². The van der Waals surface area contributed by atoms with Crippen molar-refractivity contribution in [3.8, 4) is 0 Å². The highest BCUT2D eigenvalue weighted by molar-refractivity contribution is 8.14. The average molecular weight is 202 g/mol. The molecule has 1 aliphatic heterocycles. The molecule has 0 bridgehead atoms. The van der Waals surface area contributed by atoms with Gasteiger partial charge in [0, 0.05) is 5.25 Å². The van der Waals surface area contributed by atoms with E-state index in [1.54, 1.807) is 0 Å². The van der Waals surface area contributed by atoms with Crippen LogP contribution < -0.4 is 5.73 Å². The van der Waals surface area contributed by atoms with Crippen molar-refractivity contribution in [2.24, 2.45) is 5.73 Å². The molecule has 0 aromatic heterocycles. The maximum atomic E-state index is 7.25. The topological polar surface area (TPSA) is 59.1 Å². The van der Waals surface area contributed by atoms with Crippen molar-refractivity contribution in [3.63, 3.8) is 0 Å². The van der Waals surface area contributed by atoms with Crippen molar-refractivity contribution >= 4 is 16.9 Å². The van der Waals surface area contributed by atoms with Crippen molar-refractivity contribution < 1.29 is 4.74 Å². The lowest BCUT2D eigenvalue weighted by Gasteiger charge is -2.26. The number of nitrogens with one attached hydrogen (secondary N) is 1. The van der Waals surface area contributed by atoms with Crippen LogP contribution in [-0.4, -0.2) is 21.6 Å². The molecule has 1 fully saturated rings. The summed E-state index contributed by atoms with van der Waals surface area (Å²) in [5, 5.41) is 7.72. The van der Waals surface area contributed by atoms with Crippen LogP contribution in [0.4, 0.5) is 0 Å². The predicted octanol–water partition coefficient (Wildman–Crippen LogP) is 1.96. The Hall–Kier alpha value is -0.220. The Labute approximate surface area is 83.9 Å². The lowest BCUT2D eigenvalue weighted by atomic mass is 10.0. The molecule has 0 saturated carbocycles. The highest BCUT2D eigenvalue weighted by Crippen LogP contribution is 2.43. The Morgan fingerprint density at radius 1 is 1.46 bits per heavy atom. The van der Waals surface area contributed by atoms with Crippen LogP contribution >= 0.6 is 11.8 Å². The van der Waals surface area contributed by atoms with Gasteiger partial charge >= 0.3 is 0 Å². The van der Waals surface area contributed by atoms with Gasteiger partial charge in [0.25, 0.3) is 0 Å². The maximum absolute atomic E-state index is 7.25. The molecule has 0 radical (unpaired) electrons. The van der Waals surface area contributed by atoms with Crippen molar-refractivity contribution in [3.05, 3.63) is 0 Å². The van der Waals surface area contributed by atoms with Gasteiger partial charge in [0.05, 0.1) is 11.2 Å². The highest BCUT2D eigenvalue weighted by Gasteiger charge is 2.46. The molecule has 3 N–H and O–H groups in total. The minimum absolute atomic E-state index is 0.0867. The summed E-state index contributed by atoms with van der Waals surface area (Å²) >= 11 is 1.41. The summed E-state index contributed by atoms with van der Waals surface area (Å²) in [5.74, 6) is 0. The smallest absolute Gasteiger partial charge is 0.151 e. The lowest BCUT2D eigenvalue weighted by Crippen LogP contribution is -2.32. The monoisotopic (exact) mass is 202 g/mol. The summed E-state index contributed by atoms with van der Waals surface area (Å²) in [6.07, 6.45) is 0.949. The molecular formula is C9H18N2OS. The molecule has 0 aromatic carbocycles. The van der Waals surface area contributed by atoms with E-state index >= 15 is 0 Å². The molecular weight excluding hydrogens is 184 g/mol. The van der Waals surface area contributed by atoms with Crippen LogP contribution in [0.2, 0.25) is 0 Å². The fourth-order valence-electron chi connectivity index (χ4n) is 1.85. The largest absolute Gasteiger partial charge is 0.379 e. The van der Waals surface area contributed by atoms with Gasteiger partial charge in [-0.15, -0.1) is 0 Å². The first-order valence-electron chi connectivity index (χ1n) is 4.44. The van der Waals surface area contributed by atoms with Crippen molar-refractivity contribution in [2.75, 3.05) is 0 Å². The molecule has 76 valence electrons. The number of thioether (sulfide) groups is 1. The van der Waals surface area contributed by atoms with Crippen molar-refractivity contribution in [1.29, 1.82) is 5.41 Å². The van der Waals surface area contributed by atoms with Gasteiger partial charge < -0.3 is 10.5 Å². The van der Waals surface area contributed by atoms with E-state index in [1.807, 2.05) is 0 Å². The minimum atomic E-state index is -0.181. The van der Waals surface area contributed by atoms with Gasteiger partial charge in [-0.3, -0.25) is 5.41 Å². The van der Waals surface area contributed by atoms with Crippen LogP contribution in [0.3, 0.4) is 0 Å². The Bertz CT molecular complexity index is 226.